The van der Waals surface area contributed by atoms with Crippen LogP contribution >= 0.6 is 0 Å². The highest BCUT2D eigenvalue weighted by atomic mass is 19.4. The third-order valence-corrected chi connectivity index (χ3v) is 4.86. The van der Waals surface area contributed by atoms with Crippen LogP contribution in [-0.4, -0.2) is 74.0 Å². The largest absolute Gasteiger partial charge is 0.411 e. The summed E-state index contributed by atoms with van der Waals surface area (Å²) in [7, 11) is 1.61. The number of nitrogens with one attached hydrogen (secondary N) is 1. The molecule has 2 rings (SSSR count). The number of nitrogens with zero attached hydrogens (tertiary/aromatic N) is 3. The average molecular weight is 440 g/mol. The Balaban J connectivity index is 1.79. The summed E-state index contributed by atoms with van der Waals surface area (Å²) in [6.07, 6.45) is -8.60. The molecular formula is C19H26F6N4O. The van der Waals surface area contributed by atoms with Crippen LogP contribution in [-0.2, 0) is 17.9 Å². The monoisotopic (exact) mass is 440 g/mol. The number of hydrogen-bond acceptors (Lipinski definition) is 3. The second-order valence-corrected chi connectivity index (χ2v) is 7.07. The second kappa shape index (κ2) is 10.3. The summed E-state index contributed by atoms with van der Waals surface area (Å²) >= 11 is 0. The summed E-state index contributed by atoms with van der Waals surface area (Å²) in [5.41, 5.74) is 1.52. The van der Waals surface area contributed by atoms with Crippen molar-refractivity contribution in [3.8, 4) is 0 Å². The molecule has 1 aliphatic rings. The van der Waals surface area contributed by atoms with Crippen LogP contribution in [0.1, 0.15) is 18.1 Å². The highest BCUT2D eigenvalue weighted by molar-refractivity contribution is 5.80. The first kappa shape index (κ1) is 24.3. The van der Waals surface area contributed by atoms with E-state index in [1.54, 1.807) is 31.3 Å². The summed E-state index contributed by atoms with van der Waals surface area (Å²) in [6.45, 7) is 1.60. The molecule has 1 heterocycles. The third kappa shape index (κ3) is 7.67. The smallest absolute Gasteiger partial charge is 0.367 e. The molecule has 1 aromatic carbocycles. The van der Waals surface area contributed by atoms with E-state index in [0.717, 1.165) is 5.56 Å². The zero-order valence-corrected chi connectivity index (χ0v) is 16.9. The first-order valence-corrected chi connectivity index (χ1v) is 9.48. The van der Waals surface area contributed by atoms with Crippen molar-refractivity contribution in [3.63, 3.8) is 0 Å². The number of alkyl halides is 6. The van der Waals surface area contributed by atoms with Gasteiger partial charge < -0.3 is 15.0 Å². The Kier molecular flexibility index (Phi) is 8.36. The summed E-state index contributed by atoms with van der Waals surface area (Å²) < 4.78 is 79.5. The molecule has 0 bridgehead atoms. The lowest BCUT2D eigenvalue weighted by Gasteiger charge is -2.39. The van der Waals surface area contributed by atoms with Gasteiger partial charge >= 0.3 is 12.4 Å². The van der Waals surface area contributed by atoms with E-state index >= 15 is 0 Å². The summed E-state index contributed by atoms with van der Waals surface area (Å²) in [5.74, 6) is 0.590. The lowest BCUT2D eigenvalue weighted by molar-refractivity contribution is -0.181. The van der Waals surface area contributed by atoms with Gasteiger partial charge in [-0.2, -0.15) is 26.3 Å². The van der Waals surface area contributed by atoms with Crippen molar-refractivity contribution >= 4 is 5.96 Å². The Bertz CT molecular complexity index is 682. The minimum absolute atomic E-state index is 0.129. The molecule has 1 N–H and O–H groups in total. The fourth-order valence-electron chi connectivity index (χ4n) is 3.08. The van der Waals surface area contributed by atoms with E-state index in [9.17, 15) is 26.3 Å². The SMILES string of the molecule is CN=C(NCc1ccc(COCC(F)(F)F)cc1)N1CCN(C(C)C(F)(F)F)CC1. The molecule has 0 amide bonds. The first-order valence-electron chi connectivity index (χ1n) is 9.48. The number of rotatable bonds is 6. The van der Waals surface area contributed by atoms with Crippen molar-refractivity contribution in [2.75, 3.05) is 39.8 Å². The van der Waals surface area contributed by atoms with Gasteiger partial charge in [0.25, 0.3) is 0 Å². The minimum atomic E-state index is -4.35. The van der Waals surface area contributed by atoms with Gasteiger partial charge in [-0.3, -0.25) is 9.89 Å². The van der Waals surface area contributed by atoms with Crippen molar-refractivity contribution in [1.82, 2.24) is 15.1 Å². The van der Waals surface area contributed by atoms with Crippen molar-refractivity contribution in [2.24, 2.45) is 4.99 Å². The fraction of sp³-hybridized carbons (Fsp3) is 0.632. The quantitative estimate of drug-likeness (QED) is 0.418. The molecule has 1 aliphatic heterocycles. The first-order chi connectivity index (χ1) is 14.0. The van der Waals surface area contributed by atoms with Crippen molar-refractivity contribution in [2.45, 2.75) is 38.5 Å². The van der Waals surface area contributed by atoms with Gasteiger partial charge in [0.1, 0.15) is 12.6 Å². The Morgan fingerprint density at radius 2 is 1.60 bits per heavy atom. The fourth-order valence-corrected chi connectivity index (χ4v) is 3.08. The van der Waals surface area contributed by atoms with Crippen LogP contribution in [0.5, 0.6) is 0 Å². The molecular weight excluding hydrogens is 414 g/mol. The molecule has 1 atom stereocenters. The van der Waals surface area contributed by atoms with Crippen molar-refractivity contribution in [3.05, 3.63) is 35.4 Å². The maximum absolute atomic E-state index is 12.9. The van der Waals surface area contributed by atoms with E-state index in [0.29, 0.717) is 31.2 Å². The molecule has 5 nitrogen and oxygen atoms in total. The highest BCUT2D eigenvalue weighted by Gasteiger charge is 2.41. The van der Waals surface area contributed by atoms with Gasteiger partial charge in [0.05, 0.1) is 6.61 Å². The van der Waals surface area contributed by atoms with Gasteiger partial charge in [-0.15, -0.1) is 0 Å². The summed E-state index contributed by atoms with van der Waals surface area (Å²) in [6, 6.07) is 5.44. The Labute approximate surface area is 171 Å². The molecule has 1 unspecified atom stereocenters. The maximum Gasteiger partial charge on any atom is 0.411 e. The minimum Gasteiger partial charge on any atom is -0.367 e. The Morgan fingerprint density at radius 1 is 1.03 bits per heavy atom. The molecule has 0 aromatic heterocycles. The maximum atomic E-state index is 12.9. The number of halogens is 6. The lowest BCUT2D eigenvalue weighted by atomic mass is 10.1. The van der Waals surface area contributed by atoms with Crippen LogP contribution in [0.25, 0.3) is 0 Å². The number of piperazine rings is 1. The molecule has 11 heteroatoms. The van der Waals surface area contributed by atoms with E-state index in [1.165, 1.54) is 11.8 Å². The molecule has 0 radical (unpaired) electrons. The second-order valence-electron chi connectivity index (χ2n) is 7.07. The number of aliphatic imine (C=N–C) groups is 1. The number of hydrogen-bond donors (Lipinski definition) is 1. The zero-order chi connectivity index (χ0) is 22.4. The predicted octanol–water partition coefficient (Wildman–Crippen LogP) is 3.41. The highest BCUT2D eigenvalue weighted by Crippen LogP contribution is 2.25. The van der Waals surface area contributed by atoms with Crippen LogP contribution in [0.4, 0.5) is 26.3 Å². The Morgan fingerprint density at radius 3 is 2.10 bits per heavy atom. The summed E-state index contributed by atoms with van der Waals surface area (Å²) in [4.78, 5) is 7.50. The third-order valence-electron chi connectivity index (χ3n) is 4.86. The van der Waals surface area contributed by atoms with Crippen LogP contribution in [0.3, 0.4) is 0 Å². The normalized spacial score (nSPS) is 17.9. The van der Waals surface area contributed by atoms with Gasteiger partial charge in [-0.1, -0.05) is 24.3 Å². The predicted molar refractivity (Wildman–Crippen MR) is 101 cm³/mol. The van der Waals surface area contributed by atoms with Crippen LogP contribution < -0.4 is 5.32 Å². The van der Waals surface area contributed by atoms with Crippen LogP contribution in [0.2, 0.25) is 0 Å². The van der Waals surface area contributed by atoms with E-state index < -0.39 is 25.0 Å². The van der Waals surface area contributed by atoms with E-state index in [-0.39, 0.29) is 19.7 Å². The van der Waals surface area contributed by atoms with Crippen LogP contribution in [0.15, 0.2) is 29.3 Å². The number of guanidine groups is 1. The van der Waals surface area contributed by atoms with E-state index in [1.807, 2.05) is 4.90 Å². The standard InChI is InChI=1S/C19H26F6N4O/c1-14(19(23,24)25)28-7-9-29(10-8-28)17(26-2)27-11-15-3-5-16(6-4-15)12-30-13-18(20,21)22/h3-6,14H,7-13H2,1-2H3,(H,26,27). The van der Waals surface area contributed by atoms with E-state index in [2.05, 4.69) is 15.0 Å². The van der Waals surface area contributed by atoms with Gasteiger partial charge in [0.15, 0.2) is 5.96 Å². The van der Waals surface area contributed by atoms with Crippen LogP contribution in [0, 0.1) is 0 Å². The molecule has 1 fully saturated rings. The van der Waals surface area contributed by atoms with Crippen molar-refractivity contribution < 1.29 is 31.1 Å². The van der Waals surface area contributed by atoms with Gasteiger partial charge in [0, 0.05) is 39.8 Å². The molecule has 1 aromatic rings. The Hall–Kier alpha value is -2.01. The number of ether oxygens (including phenoxy) is 1. The lowest BCUT2D eigenvalue weighted by Crippen LogP contribution is -2.56. The van der Waals surface area contributed by atoms with Gasteiger partial charge in [-0.05, 0) is 18.1 Å². The van der Waals surface area contributed by atoms with Crippen molar-refractivity contribution in [1.29, 1.82) is 0 Å². The summed E-state index contributed by atoms with van der Waals surface area (Å²) in [5, 5.41) is 3.17. The molecule has 170 valence electrons. The molecule has 0 saturated carbocycles. The number of benzene rings is 1. The average Bonchev–Trinajstić information content (AvgIpc) is 2.68. The molecule has 0 aliphatic carbocycles. The topological polar surface area (TPSA) is 40.1 Å². The zero-order valence-electron chi connectivity index (χ0n) is 16.9. The molecule has 1 saturated heterocycles. The van der Waals surface area contributed by atoms with Gasteiger partial charge in [0.2, 0.25) is 0 Å². The molecule has 0 spiro atoms. The van der Waals surface area contributed by atoms with Gasteiger partial charge in [-0.25, -0.2) is 0 Å². The van der Waals surface area contributed by atoms with E-state index in [4.69, 9.17) is 0 Å². The molecule has 30 heavy (non-hydrogen) atoms.